The molecule has 0 radical (unpaired) electrons. The number of benzene rings is 1. The molecule has 0 spiro atoms. The van der Waals surface area contributed by atoms with Crippen molar-refractivity contribution in [3.8, 4) is 0 Å². The van der Waals surface area contributed by atoms with Crippen LogP contribution in [-0.2, 0) is 0 Å². The average Bonchev–Trinajstić information content (AvgIpc) is 1.98. The number of nitrogens with two attached hydrogens (primary N) is 1. The van der Waals surface area contributed by atoms with E-state index in [1.54, 1.807) is 0 Å². The fourth-order valence-electron chi connectivity index (χ4n) is 1.78. The minimum Gasteiger partial charge on any atom is -0.399 e. The van der Waals surface area contributed by atoms with Crippen molar-refractivity contribution in [3.05, 3.63) is 24.0 Å². The zero-order chi connectivity index (χ0) is 10.1. The van der Waals surface area contributed by atoms with Gasteiger partial charge in [0.2, 0.25) is 0 Å². The van der Waals surface area contributed by atoms with Crippen LogP contribution in [0.2, 0.25) is 0 Å². The van der Waals surface area contributed by atoms with Crippen molar-refractivity contribution in [2.45, 2.75) is 25.3 Å². The molecular weight excluding hydrogens is 179 g/mol. The van der Waals surface area contributed by atoms with E-state index < -0.39 is 0 Å². The monoisotopic (exact) mass is 194 g/mol. The Morgan fingerprint density at radius 2 is 2.07 bits per heavy atom. The Balaban J connectivity index is 2.21. The molecule has 0 saturated heterocycles. The molecule has 0 bridgehead atoms. The predicted molar refractivity (Wildman–Crippen MR) is 56.9 cm³/mol. The highest BCUT2D eigenvalue weighted by molar-refractivity contribution is 5.56. The zero-order valence-corrected chi connectivity index (χ0v) is 8.33. The van der Waals surface area contributed by atoms with E-state index in [0.29, 0.717) is 11.7 Å². The van der Waals surface area contributed by atoms with Crippen LogP contribution >= 0.6 is 0 Å². The summed E-state index contributed by atoms with van der Waals surface area (Å²) in [5.74, 6) is -0.258. The second-order valence-corrected chi connectivity index (χ2v) is 3.94. The summed E-state index contributed by atoms with van der Waals surface area (Å²) in [6.07, 6.45) is 3.68. The third kappa shape index (κ3) is 1.67. The van der Waals surface area contributed by atoms with Gasteiger partial charge >= 0.3 is 0 Å². The molecule has 76 valence electrons. The molecule has 2 nitrogen and oxygen atoms in total. The van der Waals surface area contributed by atoms with E-state index in [1.165, 1.54) is 31.4 Å². The molecule has 1 aliphatic rings. The fourth-order valence-corrected chi connectivity index (χ4v) is 1.78. The summed E-state index contributed by atoms with van der Waals surface area (Å²) < 4.78 is 13.1. The van der Waals surface area contributed by atoms with Gasteiger partial charge in [-0.3, -0.25) is 0 Å². The van der Waals surface area contributed by atoms with Crippen LogP contribution in [0.3, 0.4) is 0 Å². The lowest BCUT2D eigenvalue weighted by molar-refractivity contribution is 0.401. The molecule has 1 aromatic carbocycles. The Morgan fingerprint density at radius 3 is 2.57 bits per heavy atom. The van der Waals surface area contributed by atoms with E-state index in [0.717, 1.165) is 5.69 Å². The van der Waals surface area contributed by atoms with Gasteiger partial charge in [-0.15, -0.1) is 0 Å². The Hall–Kier alpha value is -1.25. The summed E-state index contributed by atoms with van der Waals surface area (Å²) in [5, 5.41) is 0. The molecule has 0 atom stereocenters. The summed E-state index contributed by atoms with van der Waals surface area (Å²) in [5.41, 5.74) is 6.96. The molecule has 2 N–H and O–H groups in total. The second kappa shape index (κ2) is 3.48. The average molecular weight is 194 g/mol. The van der Waals surface area contributed by atoms with Crippen LogP contribution < -0.4 is 10.6 Å². The SMILES string of the molecule is CN(c1cc(N)cc(F)c1)C1CCC1. The number of halogens is 1. The van der Waals surface area contributed by atoms with Crippen LogP contribution in [0, 0.1) is 5.82 Å². The fraction of sp³-hybridized carbons (Fsp3) is 0.455. The van der Waals surface area contributed by atoms with Gasteiger partial charge in [0.05, 0.1) is 0 Å². The molecule has 1 saturated carbocycles. The summed E-state index contributed by atoms with van der Waals surface area (Å²) in [6.45, 7) is 0. The molecule has 3 heteroatoms. The first kappa shape index (κ1) is 9.31. The number of hydrogen-bond donors (Lipinski definition) is 1. The van der Waals surface area contributed by atoms with Gasteiger partial charge < -0.3 is 10.6 Å². The molecule has 1 fully saturated rings. The third-order valence-electron chi connectivity index (χ3n) is 2.93. The molecule has 0 amide bonds. The first-order valence-electron chi connectivity index (χ1n) is 4.96. The quantitative estimate of drug-likeness (QED) is 0.732. The minimum atomic E-state index is -0.258. The number of anilines is 2. The van der Waals surface area contributed by atoms with Crippen LogP contribution in [0.25, 0.3) is 0 Å². The highest BCUT2D eigenvalue weighted by Gasteiger charge is 2.22. The second-order valence-electron chi connectivity index (χ2n) is 3.94. The van der Waals surface area contributed by atoms with Gasteiger partial charge in [0.1, 0.15) is 5.82 Å². The lowest BCUT2D eigenvalue weighted by Gasteiger charge is -2.36. The molecule has 0 aliphatic heterocycles. The van der Waals surface area contributed by atoms with Crippen LogP contribution in [0.15, 0.2) is 18.2 Å². The van der Waals surface area contributed by atoms with Gasteiger partial charge in [0.25, 0.3) is 0 Å². The van der Waals surface area contributed by atoms with Gasteiger partial charge in [0, 0.05) is 24.5 Å². The van der Waals surface area contributed by atoms with E-state index in [9.17, 15) is 4.39 Å². The predicted octanol–water partition coefficient (Wildman–Crippen LogP) is 2.40. The van der Waals surface area contributed by atoms with Crippen LogP contribution in [0.1, 0.15) is 19.3 Å². The Labute approximate surface area is 83.5 Å². The molecule has 1 aliphatic carbocycles. The first-order chi connectivity index (χ1) is 6.66. The van der Waals surface area contributed by atoms with Crippen LogP contribution in [-0.4, -0.2) is 13.1 Å². The van der Waals surface area contributed by atoms with E-state index in [2.05, 4.69) is 4.90 Å². The van der Waals surface area contributed by atoms with Crippen molar-refractivity contribution in [2.24, 2.45) is 0 Å². The highest BCUT2D eigenvalue weighted by atomic mass is 19.1. The van der Waals surface area contributed by atoms with Crippen LogP contribution in [0.4, 0.5) is 15.8 Å². The zero-order valence-electron chi connectivity index (χ0n) is 8.33. The van der Waals surface area contributed by atoms with Crippen molar-refractivity contribution in [2.75, 3.05) is 17.7 Å². The normalized spacial score (nSPS) is 16.4. The van der Waals surface area contributed by atoms with Gasteiger partial charge in [0.15, 0.2) is 0 Å². The van der Waals surface area contributed by atoms with Gasteiger partial charge in [-0.05, 0) is 37.5 Å². The van der Waals surface area contributed by atoms with Crippen LogP contribution in [0.5, 0.6) is 0 Å². The number of hydrogen-bond acceptors (Lipinski definition) is 2. The number of nitrogen functional groups attached to an aromatic ring is 1. The maximum Gasteiger partial charge on any atom is 0.127 e. The van der Waals surface area contributed by atoms with Crippen molar-refractivity contribution >= 4 is 11.4 Å². The lowest BCUT2D eigenvalue weighted by Crippen LogP contribution is -2.37. The largest absolute Gasteiger partial charge is 0.399 e. The molecule has 1 aromatic rings. The first-order valence-corrected chi connectivity index (χ1v) is 4.96. The van der Waals surface area contributed by atoms with Crippen molar-refractivity contribution in [1.29, 1.82) is 0 Å². The lowest BCUT2D eigenvalue weighted by atomic mass is 9.91. The Kier molecular flexibility index (Phi) is 2.32. The van der Waals surface area contributed by atoms with Crippen molar-refractivity contribution < 1.29 is 4.39 Å². The molecule has 0 heterocycles. The maximum atomic E-state index is 13.1. The minimum absolute atomic E-state index is 0.258. The number of rotatable bonds is 2. The molecule has 0 unspecified atom stereocenters. The summed E-state index contributed by atoms with van der Waals surface area (Å²) in [6, 6.07) is 5.27. The van der Waals surface area contributed by atoms with Gasteiger partial charge in [-0.1, -0.05) is 0 Å². The standard InChI is InChI=1S/C11H15FN2/c1-14(10-3-2-4-10)11-6-8(12)5-9(13)7-11/h5-7,10H,2-4,13H2,1H3. The Bertz CT molecular complexity index is 314. The van der Waals surface area contributed by atoms with Gasteiger partial charge in [-0.2, -0.15) is 0 Å². The van der Waals surface area contributed by atoms with E-state index >= 15 is 0 Å². The third-order valence-corrected chi connectivity index (χ3v) is 2.93. The molecule has 0 aromatic heterocycles. The smallest absolute Gasteiger partial charge is 0.127 e. The van der Waals surface area contributed by atoms with E-state index in [4.69, 9.17) is 5.73 Å². The molecule has 2 rings (SSSR count). The molecule has 14 heavy (non-hydrogen) atoms. The summed E-state index contributed by atoms with van der Waals surface area (Å²) in [7, 11) is 2.00. The van der Waals surface area contributed by atoms with Gasteiger partial charge in [-0.25, -0.2) is 4.39 Å². The maximum absolute atomic E-state index is 13.1. The van der Waals surface area contributed by atoms with Crippen molar-refractivity contribution in [1.82, 2.24) is 0 Å². The van der Waals surface area contributed by atoms with Crippen molar-refractivity contribution in [3.63, 3.8) is 0 Å². The number of nitrogens with zero attached hydrogens (tertiary/aromatic N) is 1. The topological polar surface area (TPSA) is 29.3 Å². The highest BCUT2D eigenvalue weighted by Crippen LogP contribution is 2.29. The molecular formula is C11H15FN2. The Morgan fingerprint density at radius 1 is 1.36 bits per heavy atom. The van der Waals surface area contributed by atoms with E-state index in [-0.39, 0.29) is 5.82 Å². The summed E-state index contributed by atoms with van der Waals surface area (Å²) >= 11 is 0. The van der Waals surface area contributed by atoms with E-state index in [1.807, 2.05) is 13.1 Å². The summed E-state index contributed by atoms with van der Waals surface area (Å²) in [4.78, 5) is 2.11.